The van der Waals surface area contributed by atoms with Crippen molar-refractivity contribution in [3.63, 3.8) is 0 Å². The molecule has 0 aliphatic heterocycles. The molecule has 0 bridgehead atoms. The van der Waals surface area contributed by atoms with Gasteiger partial charge in [0.15, 0.2) is 1.41 Å². The van der Waals surface area contributed by atoms with E-state index in [1.54, 1.807) is 6.20 Å². The standard InChI is InChI=1S/C12H10N2/c1-8-12-10(6-7-13-8)9-4-2-3-5-11(9)14-12/h2-7,14H,1H3/i/hD. The smallest absolute Gasteiger partial charge is 0.167 e. The Kier molecular flexibility index (Phi) is 1.21. The fraction of sp³-hybridized carbons (Fsp3) is 0.0833. The number of nitrogens with zero attached hydrogens (tertiary/aromatic N) is 1. The van der Waals surface area contributed by atoms with Gasteiger partial charge in [-0.3, -0.25) is 4.98 Å². The van der Waals surface area contributed by atoms with E-state index in [-0.39, 0.29) is 0 Å². The van der Waals surface area contributed by atoms with Crippen molar-refractivity contribution in [2.75, 3.05) is 0 Å². The summed E-state index contributed by atoms with van der Waals surface area (Å²) < 4.78 is 8.03. The van der Waals surface area contributed by atoms with E-state index in [4.69, 9.17) is 1.41 Å². The summed E-state index contributed by atoms with van der Waals surface area (Å²) >= 11 is 0. The zero-order valence-electron chi connectivity index (χ0n) is 8.86. The van der Waals surface area contributed by atoms with Gasteiger partial charge in [0.1, 0.15) is 0 Å². The number of H-pyrrole nitrogens is 1. The first kappa shape index (κ1) is 6.60. The van der Waals surface area contributed by atoms with Gasteiger partial charge in [0.2, 0.25) is 0 Å². The molecule has 68 valence electrons. The lowest BCUT2D eigenvalue weighted by molar-refractivity contribution is 1.22. The number of rotatable bonds is 0. The van der Waals surface area contributed by atoms with Crippen LogP contribution in [0.15, 0.2) is 36.5 Å². The third-order valence-electron chi connectivity index (χ3n) is 2.53. The van der Waals surface area contributed by atoms with Crippen molar-refractivity contribution >= 4 is 21.8 Å². The highest BCUT2D eigenvalue weighted by Gasteiger charge is 2.04. The van der Waals surface area contributed by atoms with E-state index in [1.165, 1.54) is 4.98 Å². The Morgan fingerprint density at radius 1 is 1.21 bits per heavy atom. The number of pyridine rings is 1. The zero-order chi connectivity index (χ0) is 10.4. The number of aryl methyl sites for hydroxylation is 1. The third kappa shape index (κ3) is 0.880. The predicted octanol–water partition coefficient (Wildman–Crippen LogP) is 3.02. The molecule has 14 heavy (non-hydrogen) atoms. The van der Waals surface area contributed by atoms with E-state index in [1.807, 2.05) is 37.3 Å². The zero-order valence-corrected chi connectivity index (χ0v) is 7.86. The molecular weight excluding hydrogens is 172 g/mol. The molecular formula is C12H10N2. The lowest BCUT2D eigenvalue weighted by Crippen LogP contribution is -1.79. The average molecular weight is 183 g/mol. The number of para-hydroxylation sites is 1. The second-order valence-electron chi connectivity index (χ2n) is 3.42. The van der Waals surface area contributed by atoms with Gasteiger partial charge < -0.3 is 4.98 Å². The lowest BCUT2D eigenvalue weighted by atomic mass is 10.2. The van der Waals surface area contributed by atoms with Crippen molar-refractivity contribution in [2.45, 2.75) is 6.92 Å². The molecule has 0 saturated carbocycles. The third-order valence-corrected chi connectivity index (χ3v) is 2.53. The Morgan fingerprint density at radius 2 is 2.07 bits per heavy atom. The molecule has 3 aromatic rings. The van der Waals surface area contributed by atoms with E-state index in [0.29, 0.717) is 0 Å². The normalized spacial score (nSPS) is 12.2. The summed E-state index contributed by atoms with van der Waals surface area (Å²) in [6.45, 7) is 1.94. The van der Waals surface area contributed by atoms with Gasteiger partial charge in [0.25, 0.3) is 0 Å². The number of benzene rings is 1. The highest BCUT2D eigenvalue weighted by atomic mass is 14.8. The van der Waals surface area contributed by atoms with Gasteiger partial charge in [-0.1, -0.05) is 18.2 Å². The molecule has 2 heterocycles. The number of nitrogens with one attached hydrogen (secondary N) is 1. The first-order valence-corrected chi connectivity index (χ1v) is 4.63. The summed E-state index contributed by atoms with van der Waals surface area (Å²) in [5, 5.41) is 2.22. The van der Waals surface area contributed by atoms with Crippen LogP contribution in [0.3, 0.4) is 0 Å². The SMILES string of the molecule is [2H]n1c2ccccc2c2ccnc(C)c21. The highest BCUT2D eigenvalue weighted by Crippen LogP contribution is 2.25. The second-order valence-corrected chi connectivity index (χ2v) is 3.42. The maximum absolute atomic E-state index is 8.03. The quantitative estimate of drug-likeness (QED) is 0.570. The number of hydrogen-bond donors (Lipinski definition) is 1. The minimum Gasteiger partial charge on any atom is -0.353 e. The molecule has 2 nitrogen and oxygen atoms in total. The Hall–Kier alpha value is -1.83. The van der Waals surface area contributed by atoms with Gasteiger partial charge in [-0.15, -0.1) is 0 Å². The van der Waals surface area contributed by atoms with Crippen LogP contribution in [-0.2, 0) is 0 Å². The highest BCUT2D eigenvalue weighted by molar-refractivity contribution is 6.07. The van der Waals surface area contributed by atoms with Crippen LogP contribution in [0.25, 0.3) is 21.8 Å². The molecule has 2 aromatic heterocycles. The monoisotopic (exact) mass is 183 g/mol. The fourth-order valence-electron chi connectivity index (χ4n) is 1.84. The maximum Gasteiger partial charge on any atom is 0.167 e. The first-order valence-electron chi connectivity index (χ1n) is 5.08. The lowest BCUT2D eigenvalue weighted by Gasteiger charge is -1.92. The topological polar surface area (TPSA) is 28.7 Å². The van der Waals surface area contributed by atoms with Crippen molar-refractivity contribution in [3.05, 3.63) is 42.2 Å². The molecule has 1 N–H and O–H groups in total. The molecule has 0 atom stereocenters. The van der Waals surface area contributed by atoms with E-state index < -0.39 is 0 Å². The van der Waals surface area contributed by atoms with E-state index in [9.17, 15) is 0 Å². The molecule has 0 saturated heterocycles. The summed E-state index contributed by atoms with van der Waals surface area (Å²) in [6, 6.07) is 9.92. The molecule has 0 aliphatic carbocycles. The van der Waals surface area contributed by atoms with Crippen molar-refractivity contribution in [3.8, 4) is 0 Å². The van der Waals surface area contributed by atoms with Crippen LogP contribution in [0.2, 0.25) is 1.41 Å². The van der Waals surface area contributed by atoms with Crippen LogP contribution in [0.5, 0.6) is 0 Å². The first-order chi connectivity index (χ1) is 7.29. The molecule has 1 aromatic carbocycles. The molecule has 2 heteroatoms. The van der Waals surface area contributed by atoms with Crippen molar-refractivity contribution in [1.29, 1.82) is 0 Å². The average Bonchev–Trinajstić information content (AvgIpc) is 2.55. The fourth-order valence-corrected chi connectivity index (χ4v) is 1.84. The Labute approximate surface area is 83.1 Å². The number of hydrogen-bond acceptors (Lipinski definition) is 1. The number of aromatic amines is 1. The number of aromatic nitrogens is 2. The van der Waals surface area contributed by atoms with E-state index in [2.05, 4.69) is 4.98 Å². The molecule has 0 aliphatic rings. The predicted molar refractivity (Wildman–Crippen MR) is 58.3 cm³/mol. The van der Waals surface area contributed by atoms with Gasteiger partial charge in [0, 0.05) is 22.5 Å². The van der Waals surface area contributed by atoms with Gasteiger partial charge in [0.05, 0.1) is 11.2 Å². The summed E-state index contributed by atoms with van der Waals surface area (Å²) in [5.41, 5.74) is 2.74. The summed E-state index contributed by atoms with van der Waals surface area (Å²) in [7, 11) is 0. The number of fused-ring (bicyclic) bond motifs is 3. The van der Waals surface area contributed by atoms with Gasteiger partial charge in [-0.2, -0.15) is 0 Å². The molecule has 0 fully saturated rings. The Bertz CT molecular complexity index is 655. The summed E-state index contributed by atoms with van der Waals surface area (Å²) in [5.74, 6) is 0. The summed E-state index contributed by atoms with van der Waals surface area (Å²) in [4.78, 5) is 5.69. The van der Waals surface area contributed by atoms with Crippen molar-refractivity contribution in [2.24, 2.45) is 0 Å². The van der Waals surface area contributed by atoms with Crippen molar-refractivity contribution < 1.29 is 1.41 Å². The van der Waals surface area contributed by atoms with E-state index in [0.717, 1.165) is 27.5 Å². The second kappa shape index (κ2) is 2.58. The van der Waals surface area contributed by atoms with Gasteiger partial charge >= 0.3 is 0 Å². The maximum atomic E-state index is 8.03. The Balaban J connectivity index is 2.69. The van der Waals surface area contributed by atoms with Crippen LogP contribution < -0.4 is 0 Å². The van der Waals surface area contributed by atoms with Crippen LogP contribution in [-0.4, -0.2) is 9.96 Å². The molecule has 0 amide bonds. The van der Waals surface area contributed by atoms with Gasteiger partial charge in [-0.25, -0.2) is 0 Å². The molecule has 0 unspecified atom stereocenters. The van der Waals surface area contributed by atoms with E-state index >= 15 is 0 Å². The van der Waals surface area contributed by atoms with Gasteiger partial charge in [-0.05, 0) is 19.1 Å². The Morgan fingerprint density at radius 3 is 3.00 bits per heavy atom. The molecule has 0 spiro atoms. The van der Waals surface area contributed by atoms with Crippen LogP contribution >= 0.6 is 0 Å². The minimum atomic E-state index is 0.902. The van der Waals surface area contributed by atoms with Crippen molar-refractivity contribution in [1.82, 2.24) is 9.96 Å². The largest absolute Gasteiger partial charge is 0.353 e. The minimum absolute atomic E-state index is 0.902. The molecule has 3 rings (SSSR count). The molecule has 0 radical (unpaired) electrons. The summed E-state index contributed by atoms with van der Waals surface area (Å²) in [6.07, 6.45) is 1.80. The van der Waals surface area contributed by atoms with Crippen LogP contribution in [0, 0.1) is 6.92 Å². The van der Waals surface area contributed by atoms with Crippen LogP contribution in [0.1, 0.15) is 5.69 Å². The van der Waals surface area contributed by atoms with Crippen LogP contribution in [0.4, 0.5) is 0 Å².